The molecule has 4 heteroatoms. The summed E-state index contributed by atoms with van der Waals surface area (Å²) < 4.78 is 0. The van der Waals surface area contributed by atoms with Gasteiger partial charge in [-0.05, 0) is 51.9 Å². The van der Waals surface area contributed by atoms with E-state index in [9.17, 15) is 4.79 Å². The Morgan fingerprint density at radius 3 is 2.69 bits per heavy atom. The van der Waals surface area contributed by atoms with Crippen molar-refractivity contribution in [3.05, 3.63) is 0 Å². The fraction of sp³-hybridized carbons (Fsp3) is 0.917. The van der Waals surface area contributed by atoms with E-state index >= 15 is 0 Å². The smallest absolute Gasteiger partial charge is 0.233 e. The number of likely N-dealkylation sites (tertiary alicyclic amines) is 1. The number of carbonyl (C=O) groups is 1. The van der Waals surface area contributed by atoms with E-state index in [-0.39, 0.29) is 5.91 Å². The van der Waals surface area contributed by atoms with Gasteiger partial charge in [-0.3, -0.25) is 4.79 Å². The first kappa shape index (κ1) is 13.5. The number of nitrogens with zero attached hydrogens (tertiary/aromatic N) is 1. The minimum absolute atomic E-state index is 0.132. The van der Waals surface area contributed by atoms with Crippen molar-refractivity contribution in [1.29, 1.82) is 0 Å². The number of rotatable bonds is 6. The first-order chi connectivity index (χ1) is 7.72. The van der Waals surface area contributed by atoms with E-state index in [1.54, 1.807) is 0 Å². The molecule has 0 atom stereocenters. The first-order valence-electron chi connectivity index (χ1n) is 6.38. The van der Waals surface area contributed by atoms with Gasteiger partial charge in [0, 0.05) is 6.54 Å². The van der Waals surface area contributed by atoms with Gasteiger partial charge in [0.15, 0.2) is 0 Å². The third-order valence-electron chi connectivity index (χ3n) is 3.14. The van der Waals surface area contributed by atoms with Crippen molar-refractivity contribution in [3.8, 4) is 0 Å². The zero-order valence-corrected chi connectivity index (χ0v) is 10.6. The minimum Gasteiger partial charge on any atom is -0.355 e. The molecule has 1 amide bonds. The summed E-state index contributed by atoms with van der Waals surface area (Å²) >= 11 is 0. The Labute approximate surface area is 98.8 Å². The van der Waals surface area contributed by atoms with Crippen molar-refractivity contribution >= 4 is 5.91 Å². The molecule has 0 aromatic heterocycles. The Kier molecular flexibility index (Phi) is 6.42. The average Bonchev–Trinajstić information content (AvgIpc) is 2.29. The van der Waals surface area contributed by atoms with Gasteiger partial charge in [-0.2, -0.15) is 0 Å². The molecule has 0 aromatic carbocycles. The Morgan fingerprint density at radius 1 is 1.38 bits per heavy atom. The second-order valence-electron chi connectivity index (χ2n) is 4.73. The molecular formula is C12H25N3O. The van der Waals surface area contributed by atoms with E-state index in [2.05, 4.69) is 29.5 Å². The maximum Gasteiger partial charge on any atom is 0.233 e. The minimum atomic E-state index is 0.132. The third-order valence-corrected chi connectivity index (χ3v) is 3.14. The fourth-order valence-corrected chi connectivity index (χ4v) is 1.97. The van der Waals surface area contributed by atoms with Crippen molar-refractivity contribution in [2.75, 3.05) is 39.8 Å². The summed E-state index contributed by atoms with van der Waals surface area (Å²) in [5.41, 5.74) is 0. The van der Waals surface area contributed by atoms with Gasteiger partial charge in [0.05, 0.1) is 6.54 Å². The Morgan fingerprint density at radius 2 is 2.06 bits per heavy atom. The predicted octanol–water partition coefficient (Wildman–Crippen LogP) is 0.444. The number of hydrogen-bond donors (Lipinski definition) is 2. The fourth-order valence-electron chi connectivity index (χ4n) is 1.97. The van der Waals surface area contributed by atoms with Crippen molar-refractivity contribution < 1.29 is 4.79 Å². The second kappa shape index (κ2) is 7.63. The summed E-state index contributed by atoms with van der Waals surface area (Å²) in [4.78, 5) is 13.8. The molecule has 1 fully saturated rings. The highest BCUT2D eigenvalue weighted by atomic mass is 16.1. The van der Waals surface area contributed by atoms with Crippen LogP contribution >= 0.6 is 0 Å². The SMILES string of the molecule is CCCNCC(=O)NCC1CCN(C)CC1. The van der Waals surface area contributed by atoms with Crippen molar-refractivity contribution in [2.45, 2.75) is 26.2 Å². The molecule has 16 heavy (non-hydrogen) atoms. The Hall–Kier alpha value is -0.610. The summed E-state index contributed by atoms with van der Waals surface area (Å²) in [5, 5.41) is 6.12. The lowest BCUT2D eigenvalue weighted by atomic mass is 9.97. The van der Waals surface area contributed by atoms with E-state index in [0.717, 1.165) is 32.6 Å². The van der Waals surface area contributed by atoms with Crippen molar-refractivity contribution in [1.82, 2.24) is 15.5 Å². The maximum absolute atomic E-state index is 11.4. The van der Waals surface area contributed by atoms with Crippen LogP contribution in [-0.4, -0.2) is 50.6 Å². The molecule has 0 saturated carbocycles. The molecule has 0 radical (unpaired) electrons. The van der Waals surface area contributed by atoms with Crippen LogP contribution < -0.4 is 10.6 Å². The summed E-state index contributed by atoms with van der Waals surface area (Å²) in [6.07, 6.45) is 3.49. The molecule has 2 N–H and O–H groups in total. The molecule has 1 aliphatic rings. The van der Waals surface area contributed by atoms with Gasteiger partial charge in [-0.1, -0.05) is 6.92 Å². The van der Waals surface area contributed by atoms with Gasteiger partial charge < -0.3 is 15.5 Å². The highest BCUT2D eigenvalue weighted by Crippen LogP contribution is 2.14. The van der Waals surface area contributed by atoms with E-state index in [1.165, 1.54) is 12.8 Å². The normalized spacial score (nSPS) is 18.6. The van der Waals surface area contributed by atoms with Crippen LogP contribution in [0.4, 0.5) is 0 Å². The highest BCUT2D eigenvalue weighted by molar-refractivity contribution is 5.77. The van der Waals surface area contributed by atoms with Gasteiger partial charge in [0.25, 0.3) is 0 Å². The Balaban J connectivity index is 2.03. The molecule has 0 aliphatic carbocycles. The summed E-state index contributed by atoms with van der Waals surface area (Å²) in [5.74, 6) is 0.804. The van der Waals surface area contributed by atoms with Crippen LogP contribution in [0.2, 0.25) is 0 Å². The van der Waals surface area contributed by atoms with Gasteiger partial charge >= 0.3 is 0 Å². The predicted molar refractivity (Wildman–Crippen MR) is 66.4 cm³/mol. The quantitative estimate of drug-likeness (QED) is 0.647. The maximum atomic E-state index is 11.4. The van der Waals surface area contributed by atoms with Crippen LogP contribution in [-0.2, 0) is 4.79 Å². The van der Waals surface area contributed by atoms with E-state index < -0.39 is 0 Å². The second-order valence-corrected chi connectivity index (χ2v) is 4.73. The van der Waals surface area contributed by atoms with Crippen LogP contribution in [0.15, 0.2) is 0 Å². The first-order valence-corrected chi connectivity index (χ1v) is 6.38. The summed E-state index contributed by atoms with van der Waals surface area (Å²) in [6, 6.07) is 0. The van der Waals surface area contributed by atoms with Crippen LogP contribution in [0, 0.1) is 5.92 Å². The highest BCUT2D eigenvalue weighted by Gasteiger charge is 2.16. The van der Waals surface area contributed by atoms with Gasteiger partial charge in [-0.15, -0.1) is 0 Å². The van der Waals surface area contributed by atoms with Crippen LogP contribution in [0.5, 0.6) is 0 Å². The van der Waals surface area contributed by atoms with Crippen molar-refractivity contribution in [3.63, 3.8) is 0 Å². The third kappa shape index (κ3) is 5.47. The molecule has 4 nitrogen and oxygen atoms in total. The molecule has 0 spiro atoms. The van der Waals surface area contributed by atoms with Gasteiger partial charge in [0.1, 0.15) is 0 Å². The molecule has 0 aromatic rings. The molecule has 1 saturated heterocycles. The Bertz CT molecular complexity index is 200. The lowest BCUT2D eigenvalue weighted by Crippen LogP contribution is -2.40. The van der Waals surface area contributed by atoms with Gasteiger partial charge in [-0.25, -0.2) is 0 Å². The molecule has 1 aliphatic heterocycles. The molecule has 1 rings (SSSR count). The molecular weight excluding hydrogens is 202 g/mol. The summed E-state index contributed by atoms with van der Waals surface area (Å²) in [7, 11) is 2.16. The zero-order valence-electron chi connectivity index (χ0n) is 10.6. The van der Waals surface area contributed by atoms with E-state index in [4.69, 9.17) is 0 Å². The summed E-state index contributed by atoms with van der Waals surface area (Å²) in [6.45, 7) is 6.65. The van der Waals surface area contributed by atoms with Crippen LogP contribution in [0.1, 0.15) is 26.2 Å². The van der Waals surface area contributed by atoms with E-state index in [0.29, 0.717) is 12.5 Å². The zero-order chi connectivity index (χ0) is 11.8. The number of amides is 1. The number of nitrogens with one attached hydrogen (secondary N) is 2. The number of piperidine rings is 1. The van der Waals surface area contributed by atoms with Crippen molar-refractivity contribution in [2.24, 2.45) is 5.92 Å². The number of hydrogen-bond acceptors (Lipinski definition) is 3. The van der Waals surface area contributed by atoms with Crippen LogP contribution in [0.25, 0.3) is 0 Å². The topological polar surface area (TPSA) is 44.4 Å². The average molecular weight is 227 g/mol. The standard InChI is InChI=1S/C12H25N3O/c1-3-6-13-10-12(16)14-9-11-4-7-15(2)8-5-11/h11,13H,3-10H2,1-2H3,(H,14,16). The monoisotopic (exact) mass is 227 g/mol. The lowest BCUT2D eigenvalue weighted by molar-refractivity contribution is -0.120. The number of carbonyl (C=O) groups excluding carboxylic acids is 1. The molecule has 94 valence electrons. The van der Waals surface area contributed by atoms with Crippen LogP contribution in [0.3, 0.4) is 0 Å². The van der Waals surface area contributed by atoms with E-state index in [1.807, 2.05) is 0 Å². The molecule has 0 unspecified atom stereocenters. The molecule has 1 heterocycles. The lowest BCUT2D eigenvalue weighted by Gasteiger charge is -2.28. The molecule has 0 bridgehead atoms. The largest absolute Gasteiger partial charge is 0.355 e. The van der Waals surface area contributed by atoms with Gasteiger partial charge in [0.2, 0.25) is 5.91 Å².